The van der Waals surface area contributed by atoms with Gasteiger partial charge in [-0.15, -0.1) is 0 Å². The van der Waals surface area contributed by atoms with Crippen molar-refractivity contribution >= 4 is 11.8 Å². The average molecular weight is 267 g/mol. The fraction of sp³-hybridized carbons (Fsp3) is 0.857. The fourth-order valence-corrected chi connectivity index (χ4v) is 2.34. The van der Waals surface area contributed by atoms with E-state index in [1.165, 1.54) is 0 Å². The number of rotatable bonds is 5. The van der Waals surface area contributed by atoms with Crippen molar-refractivity contribution in [1.82, 2.24) is 15.1 Å². The Morgan fingerprint density at radius 3 is 2.32 bits per heavy atom. The molecule has 0 aromatic carbocycles. The average Bonchev–Trinajstić information content (AvgIpc) is 3.12. The van der Waals surface area contributed by atoms with E-state index in [1.807, 2.05) is 4.90 Å². The lowest BCUT2D eigenvalue weighted by Gasteiger charge is -2.34. The van der Waals surface area contributed by atoms with Crippen LogP contribution < -0.4 is 5.32 Å². The van der Waals surface area contributed by atoms with E-state index < -0.39 is 0 Å². The molecule has 1 saturated heterocycles. The second-order valence-corrected chi connectivity index (χ2v) is 6.10. The molecule has 1 heterocycles. The summed E-state index contributed by atoms with van der Waals surface area (Å²) in [6.45, 7) is 7.73. The Labute approximate surface area is 115 Å². The highest BCUT2D eigenvalue weighted by Crippen LogP contribution is 2.18. The van der Waals surface area contributed by atoms with Gasteiger partial charge in [0.1, 0.15) is 0 Å². The Balaban J connectivity index is 1.66. The van der Waals surface area contributed by atoms with E-state index in [1.54, 1.807) is 0 Å². The molecule has 0 atom stereocenters. The third-order valence-corrected chi connectivity index (χ3v) is 3.62. The first kappa shape index (κ1) is 14.3. The molecule has 1 aliphatic heterocycles. The molecule has 0 spiro atoms. The molecule has 2 rings (SSSR count). The molecular weight excluding hydrogens is 242 g/mol. The maximum absolute atomic E-state index is 11.9. The number of nitrogens with one attached hydrogen (secondary N) is 1. The van der Waals surface area contributed by atoms with Gasteiger partial charge < -0.3 is 10.2 Å². The quantitative estimate of drug-likeness (QED) is 0.787. The molecule has 0 bridgehead atoms. The maximum atomic E-state index is 11.9. The fourth-order valence-electron chi connectivity index (χ4n) is 2.34. The molecule has 0 aromatic rings. The van der Waals surface area contributed by atoms with Gasteiger partial charge in [0, 0.05) is 38.6 Å². The summed E-state index contributed by atoms with van der Waals surface area (Å²) in [5.41, 5.74) is 0. The monoisotopic (exact) mass is 267 g/mol. The smallest absolute Gasteiger partial charge is 0.234 e. The van der Waals surface area contributed by atoms with Gasteiger partial charge in [0.25, 0.3) is 0 Å². The van der Waals surface area contributed by atoms with Gasteiger partial charge in [-0.25, -0.2) is 0 Å². The number of amides is 2. The van der Waals surface area contributed by atoms with Crippen LogP contribution in [0.4, 0.5) is 0 Å². The van der Waals surface area contributed by atoms with E-state index in [-0.39, 0.29) is 11.8 Å². The van der Waals surface area contributed by atoms with E-state index in [2.05, 4.69) is 24.1 Å². The van der Waals surface area contributed by atoms with Crippen LogP contribution in [-0.4, -0.2) is 60.4 Å². The third kappa shape index (κ3) is 4.82. The normalized spacial score (nSPS) is 20.7. The summed E-state index contributed by atoms with van der Waals surface area (Å²) in [5, 5.41) is 3.00. The summed E-state index contributed by atoms with van der Waals surface area (Å²) in [6.07, 6.45) is 2.88. The molecule has 2 aliphatic rings. The van der Waals surface area contributed by atoms with Gasteiger partial charge in [-0.1, -0.05) is 13.8 Å². The van der Waals surface area contributed by atoms with Crippen LogP contribution in [0.3, 0.4) is 0 Å². The predicted molar refractivity (Wildman–Crippen MR) is 73.6 cm³/mol. The molecule has 5 nitrogen and oxygen atoms in total. The summed E-state index contributed by atoms with van der Waals surface area (Å²) < 4.78 is 0. The third-order valence-electron chi connectivity index (χ3n) is 3.62. The first-order chi connectivity index (χ1) is 9.04. The Hall–Kier alpha value is -1.10. The number of piperazine rings is 1. The van der Waals surface area contributed by atoms with E-state index >= 15 is 0 Å². The van der Waals surface area contributed by atoms with E-state index in [9.17, 15) is 9.59 Å². The highest BCUT2D eigenvalue weighted by atomic mass is 16.2. The zero-order valence-electron chi connectivity index (χ0n) is 12.0. The molecule has 1 saturated carbocycles. The van der Waals surface area contributed by atoms with Crippen LogP contribution in [0.1, 0.15) is 33.1 Å². The Bertz CT molecular complexity index is 332. The molecule has 2 amide bonds. The first-order valence-corrected chi connectivity index (χ1v) is 7.34. The minimum absolute atomic E-state index is 0.129. The van der Waals surface area contributed by atoms with Crippen LogP contribution in [0, 0.1) is 5.92 Å². The van der Waals surface area contributed by atoms with Gasteiger partial charge in [0.15, 0.2) is 0 Å². The van der Waals surface area contributed by atoms with Crippen molar-refractivity contribution in [3.8, 4) is 0 Å². The number of hydrogen-bond donors (Lipinski definition) is 1. The van der Waals surface area contributed by atoms with Crippen LogP contribution in [0.15, 0.2) is 0 Å². The number of nitrogens with zero attached hydrogens (tertiary/aromatic N) is 2. The summed E-state index contributed by atoms with van der Waals surface area (Å²) in [4.78, 5) is 27.7. The molecule has 19 heavy (non-hydrogen) atoms. The van der Waals surface area contributed by atoms with Crippen molar-refractivity contribution < 1.29 is 9.59 Å². The largest absolute Gasteiger partial charge is 0.352 e. The van der Waals surface area contributed by atoms with E-state index in [0.29, 0.717) is 24.9 Å². The van der Waals surface area contributed by atoms with Crippen molar-refractivity contribution in [2.75, 3.05) is 32.7 Å². The van der Waals surface area contributed by atoms with Gasteiger partial charge in [-0.3, -0.25) is 14.5 Å². The van der Waals surface area contributed by atoms with Crippen LogP contribution >= 0.6 is 0 Å². The van der Waals surface area contributed by atoms with Crippen LogP contribution in [0.5, 0.6) is 0 Å². The zero-order valence-corrected chi connectivity index (χ0v) is 12.0. The second kappa shape index (κ2) is 6.37. The second-order valence-electron chi connectivity index (χ2n) is 6.10. The van der Waals surface area contributed by atoms with Gasteiger partial charge in [-0.05, 0) is 18.8 Å². The van der Waals surface area contributed by atoms with Crippen LogP contribution in [0.25, 0.3) is 0 Å². The molecule has 1 aliphatic carbocycles. The van der Waals surface area contributed by atoms with Gasteiger partial charge in [-0.2, -0.15) is 0 Å². The summed E-state index contributed by atoms with van der Waals surface area (Å²) in [5.74, 6) is 0.788. The highest BCUT2D eigenvalue weighted by molar-refractivity contribution is 5.79. The maximum Gasteiger partial charge on any atom is 0.234 e. The molecule has 1 N–H and O–H groups in total. The molecule has 108 valence electrons. The van der Waals surface area contributed by atoms with Crippen molar-refractivity contribution in [3.63, 3.8) is 0 Å². The lowest BCUT2D eigenvalue weighted by atomic mass is 10.1. The minimum atomic E-state index is 0.129. The number of carbonyl (C=O) groups is 2. The topological polar surface area (TPSA) is 52.7 Å². The summed E-state index contributed by atoms with van der Waals surface area (Å²) >= 11 is 0. The standard InChI is InChI=1S/C14H25N3O2/c1-11(2)9-14(19)17-7-5-16(6-8-17)10-13(18)15-12-3-4-12/h11-12H,3-10H2,1-2H3,(H,15,18). The van der Waals surface area contributed by atoms with Crippen molar-refractivity contribution in [2.45, 2.75) is 39.2 Å². The van der Waals surface area contributed by atoms with Crippen LogP contribution in [0.2, 0.25) is 0 Å². The predicted octanol–water partition coefficient (Wildman–Crippen LogP) is 0.455. The van der Waals surface area contributed by atoms with Gasteiger partial charge in [0.2, 0.25) is 11.8 Å². The minimum Gasteiger partial charge on any atom is -0.352 e. The summed E-state index contributed by atoms with van der Waals surface area (Å²) in [6, 6.07) is 0.432. The van der Waals surface area contributed by atoms with Gasteiger partial charge >= 0.3 is 0 Å². The molecule has 2 fully saturated rings. The summed E-state index contributed by atoms with van der Waals surface area (Å²) in [7, 11) is 0. The molecular formula is C14H25N3O2. The molecule has 0 aromatic heterocycles. The van der Waals surface area contributed by atoms with E-state index in [4.69, 9.17) is 0 Å². The Morgan fingerprint density at radius 1 is 1.16 bits per heavy atom. The zero-order chi connectivity index (χ0) is 13.8. The Morgan fingerprint density at radius 2 is 1.79 bits per heavy atom. The van der Waals surface area contributed by atoms with Gasteiger partial charge in [0.05, 0.1) is 6.54 Å². The molecule has 0 unspecified atom stereocenters. The highest BCUT2D eigenvalue weighted by Gasteiger charge is 2.26. The van der Waals surface area contributed by atoms with E-state index in [0.717, 1.165) is 39.0 Å². The SMILES string of the molecule is CC(C)CC(=O)N1CCN(CC(=O)NC2CC2)CC1. The number of hydrogen-bond acceptors (Lipinski definition) is 3. The Kier molecular flexibility index (Phi) is 4.80. The first-order valence-electron chi connectivity index (χ1n) is 7.34. The van der Waals surface area contributed by atoms with Crippen molar-refractivity contribution in [3.05, 3.63) is 0 Å². The lowest BCUT2D eigenvalue weighted by molar-refractivity contribution is -0.134. The molecule has 5 heteroatoms. The van der Waals surface area contributed by atoms with Crippen molar-refractivity contribution in [2.24, 2.45) is 5.92 Å². The number of carbonyl (C=O) groups excluding carboxylic acids is 2. The van der Waals surface area contributed by atoms with Crippen molar-refractivity contribution in [1.29, 1.82) is 0 Å². The molecule has 0 radical (unpaired) electrons. The lowest BCUT2D eigenvalue weighted by Crippen LogP contribution is -2.51. The van der Waals surface area contributed by atoms with Crippen LogP contribution in [-0.2, 0) is 9.59 Å².